The summed E-state index contributed by atoms with van der Waals surface area (Å²) >= 11 is 0. The van der Waals surface area contributed by atoms with Gasteiger partial charge in [0.15, 0.2) is 6.04 Å². The predicted octanol–water partition coefficient (Wildman–Crippen LogP) is 0.990. The van der Waals surface area contributed by atoms with Gasteiger partial charge in [0.25, 0.3) is 0 Å². The average molecular weight is 223 g/mol. The van der Waals surface area contributed by atoms with E-state index in [1.165, 1.54) is 0 Å². The van der Waals surface area contributed by atoms with Crippen molar-refractivity contribution >= 4 is 0 Å². The Balaban J connectivity index is 2.95. The minimum atomic E-state index is -4.55. The zero-order valence-electron chi connectivity index (χ0n) is 8.58. The van der Waals surface area contributed by atoms with E-state index in [-0.39, 0.29) is 0 Å². The summed E-state index contributed by atoms with van der Waals surface area (Å²) in [5.41, 5.74) is 4.41. The van der Waals surface area contributed by atoms with Crippen LogP contribution in [0.5, 0.6) is 0 Å². The van der Waals surface area contributed by atoms with Crippen LogP contribution in [0.25, 0.3) is 0 Å². The monoisotopic (exact) mass is 223 g/mol. The van der Waals surface area contributed by atoms with Gasteiger partial charge in [-0.2, -0.15) is 18.0 Å². The number of hydrogen-bond acceptors (Lipinski definition) is 4. The fourth-order valence-corrected chi connectivity index (χ4v) is 0.780. The summed E-state index contributed by atoms with van der Waals surface area (Å²) in [5.74, 6) is -0.516. The Morgan fingerprint density at radius 2 is 1.80 bits per heavy atom. The fraction of sp³-hybridized carbons (Fsp3) is 0.857. The number of tetrazole rings is 1. The van der Waals surface area contributed by atoms with Gasteiger partial charge >= 0.3 is 6.18 Å². The molecule has 0 aliphatic carbocycles. The molecule has 1 rings (SSSR count). The second-order valence-electron chi connectivity index (χ2n) is 4.13. The third-order valence-electron chi connectivity index (χ3n) is 1.66. The molecule has 0 spiro atoms. The predicted molar refractivity (Wildman–Crippen MR) is 45.8 cm³/mol. The molecule has 86 valence electrons. The van der Waals surface area contributed by atoms with Crippen molar-refractivity contribution in [1.82, 2.24) is 20.2 Å². The topological polar surface area (TPSA) is 69.6 Å². The molecular formula is C7H12F3N5. The molecule has 1 heterocycles. The first kappa shape index (κ1) is 11.9. The molecule has 15 heavy (non-hydrogen) atoms. The lowest BCUT2D eigenvalue weighted by Gasteiger charge is -2.16. The maximum atomic E-state index is 12.2. The number of nitrogens with two attached hydrogens (primary N) is 1. The molecule has 0 saturated heterocycles. The molecule has 0 aliphatic heterocycles. The Kier molecular flexibility index (Phi) is 2.73. The molecule has 1 atom stereocenters. The van der Waals surface area contributed by atoms with Crippen molar-refractivity contribution in [3.05, 3.63) is 5.82 Å². The minimum absolute atomic E-state index is 0.516. The number of alkyl halides is 3. The summed E-state index contributed by atoms with van der Waals surface area (Å²) in [7, 11) is 0. The lowest BCUT2D eigenvalue weighted by molar-refractivity contribution is -0.150. The summed E-state index contributed by atoms with van der Waals surface area (Å²) in [6, 6.07) is -2.19. The number of rotatable bonds is 1. The van der Waals surface area contributed by atoms with E-state index in [1.54, 1.807) is 20.8 Å². The highest BCUT2D eigenvalue weighted by atomic mass is 19.4. The quantitative estimate of drug-likeness (QED) is 0.770. The Bertz CT molecular complexity index is 337. The van der Waals surface area contributed by atoms with Crippen LogP contribution in [0, 0.1) is 0 Å². The first-order chi connectivity index (χ1) is 6.62. The van der Waals surface area contributed by atoms with Crippen molar-refractivity contribution in [2.45, 2.75) is 38.5 Å². The fourth-order valence-electron chi connectivity index (χ4n) is 0.780. The molecule has 8 heteroatoms. The normalized spacial score (nSPS) is 15.4. The summed E-state index contributed by atoms with van der Waals surface area (Å²) in [6.45, 7) is 5.24. The second-order valence-corrected chi connectivity index (χ2v) is 4.13. The molecule has 5 nitrogen and oxygen atoms in total. The number of halogens is 3. The Morgan fingerprint density at radius 1 is 1.27 bits per heavy atom. The van der Waals surface area contributed by atoms with Gasteiger partial charge in [0, 0.05) is 0 Å². The Labute approximate surface area is 84.4 Å². The molecule has 0 radical (unpaired) electrons. The van der Waals surface area contributed by atoms with Crippen molar-refractivity contribution in [2.75, 3.05) is 0 Å². The van der Waals surface area contributed by atoms with Crippen molar-refractivity contribution < 1.29 is 13.2 Å². The van der Waals surface area contributed by atoms with E-state index in [4.69, 9.17) is 5.73 Å². The van der Waals surface area contributed by atoms with E-state index >= 15 is 0 Å². The van der Waals surface area contributed by atoms with E-state index in [0.29, 0.717) is 0 Å². The van der Waals surface area contributed by atoms with Crippen molar-refractivity contribution in [2.24, 2.45) is 5.73 Å². The SMILES string of the molecule is CC(C)(C)n1nnc(C(N)C(F)(F)F)n1. The molecule has 0 fully saturated rings. The van der Waals surface area contributed by atoms with Gasteiger partial charge in [-0.05, 0) is 26.0 Å². The molecule has 2 N–H and O–H groups in total. The van der Waals surface area contributed by atoms with Crippen LogP contribution < -0.4 is 5.73 Å². The van der Waals surface area contributed by atoms with Crippen LogP contribution in [0.4, 0.5) is 13.2 Å². The molecule has 0 aliphatic rings. The molecule has 0 amide bonds. The smallest absolute Gasteiger partial charge is 0.314 e. The van der Waals surface area contributed by atoms with Gasteiger partial charge in [-0.1, -0.05) is 0 Å². The van der Waals surface area contributed by atoms with Gasteiger partial charge in [0.1, 0.15) is 0 Å². The van der Waals surface area contributed by atoms with Gasteiger partial charge in [0.2, 0.25) is 5.82 Å². The second kappa shape index (κ2) is 3.44. The van der Waals surface area contributed by atoms with E-state index in [1.807, 2.05) is 0 Å². The highest BCUT2D eigenvalue weighted by Crippen LogP contribution is 2.28. The van der Waals surface area contributed by atoms with Gasteiger partial charge in [0.05, 0.1) is 5.54 Å². The van der Waals surface area contributed by atoms with Crippen LogP contribution in [0.15, 0.2) is 0 Å². The van der Waals surface area contributed by atoms with E-state index in [2.05, 4.69) is 15.4 Å². The lowest BCUT2D eigenvalue weighted by Crippen LogP contribution is -2.30. The van der Waals surface area contributed by atoms with Crippen LogP contribution in [0.1, 0.15) is 32.6 Å². The van der Waals surface area contributed by atoms with E-state index in [0.717, 1.165) is 4.80 Å². The highest BCUT2D eigenvalue weighted by molar-refractivity contribution is 4.92. The number of hydrogen-bond donors (Lipinski definition) is 1. The molecule has 0 saturated carbocycles. The summed E-state index contributed by atoms with van der Waals surface area (Å²) in [4.78, 5) is 1.11. The minimum Gasteiger partial charge on any atom is -0.314 e. The molecular weight excluding hydrogens is 211 g/mol. The highest BCUT2D eigenvalue weighted by Gasteiger charge is 2.41. The molecule has 0 aromatic carbocycles. The molecule has 1 aromatic rings. The largest absolute Gasteiger partial charge is 0.410 e. The third kappa shape index (κ3) is 2.65. The maximum Gasteiger partial charge on any atom is 0.410 e. The molecule has 1 aromatic heterocycles. The summed E-state index contributed by atoms with van der Waals surface area (Å²) < 4.78 is 36.6. The maximum absolute atomic E-state index is 12.2. The van der Waals surface area contributed by atoms with Gasteiger partial charge in [-0.15, -0.1) is 10.2 Å². The molecule has 1 unspecified atom stereocenters. The van der Waals surface area contributed by atoms with Crippen molar-refractivity contribution in [3.8, 4) is 0 Å². The van der Waals surface area contributed by atoms with Crippen LogP contribution in [-0.4, -0.2) is 26.4 Å². The van der Waals surface area contributed by atoms with E-state index in [9.17, 15) is 13.2 Å². The van der Waals surface area contributed by atoms with Crippen LogP contribution in [0.2, 0.25) is 0 Å². The van der Waals surface area contributed by atoms with Crippen LogP contribution >= 0.6 is 0 Å². The standard InChI is InChI=1S/C7H12F3N5/c1-6(2,3)15-13-5(12-14-15)4(11)7(8,9)10/h4H,11H2,1-3H3. The third-order valence-corrected chi connectivity index (χ3v) is 1.66. The summed E-state index contributed by atoms with van der Waals surface area (Å²) in [6.07, 6.45) is -4.55. The van der Waals surface area contributed by atoms with Crippen molar-refractivity contribution in [1.29, 1.82) is 0 Å². The lowest BCUT2D eigenvalue weighted by atomic mass is 10.1. The van der Waals surface area contributed by atoms with E-state index < -0.39 is 23.6 Å². The number of aromatic nitrogens is 4. The average Bonchev–Trinajstić information content (AvgIpc) is 2.47. The van der Waals surface area contributed by atoms with Crippen LogP contribution in [0.3, 0.4) is 0 Å². The summed E-state index contributed by atoms with van der Waals surface area (Å²) in [5, 5.41) is 10.4. The van der Waals surface area contributed by atoms with Gasteiger partial charge < -0.3 is 5.73 Å². The molecule has 0 bridgehead atoms. The van der Waals surface area contributed by atoms with Crippen LogP contribution in [-0.2, 0) is 5.54 Å². The first-order valence-electron chi connectivity index (χ1n) is 4.25. The zero-order chi connectivity index (χ0) is 11.9. The Morgan fingerprint density at radius 3 is 2.13 bits per heavy atom. The number of nitrogens with zero attached hydrogens (tertiary/aromatic N) is 4. The Hall–Kier alpha value is -1.18. The van der Waals surface area contributed by atoms with Gasteiger partial charge in [-0.3, -0.25) is 0 Å². The zero-order valence-corrected chi connectivity index (χ0v) is 8.58. The van der Waals surface area contributed by atoms with Crippen molar-refractivity contribution in [3.63, 3.8) is 0 Å². The van der Waals surface area contributed by atoms with Gasteiger partial charge in [-0.25, -0.2) is 0 Å². The first-order valence-corrected chi connectivity index (χ1v) is 4.25.